The van der Waals surface area contributed by atoms with Crippen LogP contribution in [-0.2, 0) is 0 Å². The lowest BCUT2D eigenvalue weighted by molar-refractivity contribution is 0.245. The third kappa shape index (κ3) is 3.05. The van der Waals surface area contributed by atoms with E-state index in [2.05, 4.69) is 64.0 Å². The van der Waals surface area contributed by atoms with Crippen LogP contribution in [0.1, 0.15) is 38.8 Å². The van der Waals surface area contributed by atoms with Crippen LogP contribution in [0.5, 0.6) is 0 Å². The van der Waals surface area contributed by atoms with E-state index in [-0.39, 0.29) is 5.41 Å². The molecule has 1 atom stereocenters. The van der Waals surface area contributed by atoms with Crippen molar-refractivity contribution >= 4 is 43.2 Å². The highest BCUT2D eigenvalue weighted by Gasteiger charge is 2.30. The number of thiophene rings is 1. The highest BCUT2D eigenvalue weighted by molar-refractivity contribution is 9.12. The van der Waals surface area contributed by atoms with Crippen molar-refractivity contribution in [2.45, 2.75) is 33.2 Å². The molecule has 4 heteroatoms. The fourth-order valence-corrected chi connectivity index (χ4v) is 4.62. The minimum absolute atomic E-state index is 0.262. The predicted octanol–water partition coefficient (Wildman–Crippen LogP) is 4.97. The molecule has 0 fully saturated rings. The van der Waals surface area contributed by atoms with E-state index in [1.165, 1.54) is 13.1 Å². The Hall–Kier alpha value is 0.620. The summed E-state index contributed by atoms with van der Waals surface area (Å²) in [5, 5.41) is 3.42. The van der Waals surface area contributed by atoms with Crippen molar-refractivity contribution in [3.8, 4) is 0 Å². The first-order valence-electron chi connectivity index (χ1n) is 5.04. The summed E-state index contributed by atoms with van der Waals surface area (Å²) >= 11 is 8.89. The lowest BCUT2D eigenvalue weighted by Crippen LogP contribution is -2.31. The Kier molecular flexibility index (Phi) is 4.84. The molecule has 1 aromatic heterocycles. The highest BCUT2D eigenvalue weighted by Crippen LogP contribution is 2.43. The summed E-state index contributed by atoms with van der Waals surface area (Å²) in [5.74, 6) is 0. The van der Waals surface area contributed by atoms with Gasteiger partial charge in [0.05, 0.1) is 7.57 Å². The van der Waals surface area contributed by atoms with Gasteiger partial charge in [-0.15, -0.1) is 11.3 Å². The largest absolute Gasteiger partial charge is 0.312 e. The van der Waals surface area contributed by atoms with E-state index in [0.717, 1.165) is 6.42 Å². The minimum Gasteiger partial charge on any atom is -0.312 e. The molecule has 1 aromatic rings. The normalized spacial score (nSPS) is 14.3. The zero-order valence-corrected chi connectivity index (χ0v) is 13.5. The van der Waals surface area contributed by atoms with Gasteiger partial charge in [0, 0.05) is 6.04 Å². The van der Waals surface area contributed by atoms with Crippen LogP contribution in [0, 0.1) is 5.41 Å². The Morgan fingerprint density at radius 1 is 1.47 bits per heavy atom. The fourth-order valence-electron chi connectivity index (χ4n) is 1.72. The predicted molar refractivity (Wildman–Crippen MR) is 75.6 cm³/mol. The van der Waals surface area contributed by atoms with Crippen LogP contribution in [0.3, 0.4) is 0 Å². The van der Waals surface area contributed by atoms with Crippen LogP contribution in [-0.4, -0.2) is 7.05 Å². The second kappa shape index (κ2) is 5.30. The standard InChI is InChI=1S/C11H17Br2NS/c1-5-11(2,3)9(14-4)7-6-8(12)15-10(7)13/h6,9,14H,5H2,1-4H3. The maximum atomic E-state index is 3.63. The van der Waals surface area contributed by atoms with E-state index in [0.29, 0.717) is 6.04 Å². The van der Waals surface area contributed by atoms with Crippen LogP contribution >= 0.6 is 43.2 Å². The van der Waals surface area contributed by atoms with Crippen LogP contribution in [0.15, 0.2) is 13.6 Å². The molecule has 0 aliphatic carbocycles. The smallest absolute Gasteiger partial charge is 0.0758 e. The summed E-state index contributed by atoms with van der Waals surface area (Å²) in [6, 6.07) is 2.59. The summed E-state index contributed by atoms with van der Waals surface area (Å²) in [4.78, 5) is 0. The van der Waals surface area contributed by atoms with Gasteiger partial charge < -0.3 is 5.32 Å². The van der Waals surface area contributed by atoms with Crippen LogP contribution in [0.2, 0.25) is 0 Å². The Bertz CT molecular complexity index is 333. The molecule has 1 heterocycles. The van der Waals surface area contributed by atoms with E-state index in [9.17, 15) is 0 Å². The van der Waals surface area contributed by atoms with Gasteiger partial charge in [-0.2, -0.15) is 0 Å². The second-order valence-corrected chi connectivity index (χ2v) is 8.09. The average Bonchev–Trinajstić information content (AvgIpc) is 2.47. The van der Waals surface area contributed by atoms with Crippen molar-refractivity contribution in [3.05, 3.63) is 19.2 Å². The van der Waals surface area contributed by atoms with E-state index >= 15 is 0 Å². The van der Waals surface area contributed by atoms with Gasteiger partial charge in [0.25, 0.3) is 0 Å². The van der Waals surface area contributed by atoms with Gasteiger partial charge in [-0.1, -0.05) is 20.8 Å². The quantitative estimate of drug-likeness (QED) is 0.804. The Labute approximate surface area is 113 Å². The van der Waals surface area contributed by atoms with Gasteiger partial charge in [-0.25, -0.2) is 0 Å². The Balaban J connectivity index is 3.07. The first kappa shape index (κ1) is 13.7. The van der Waals surface area contributed by atoms with Crippen molar-refractivity contribution in [2.75, 3.05) is 7.05 Å². The molecule has 1 nitrogen and oxygen atoms in total. The summed E-state index contributed by atoms with van der Waals surface area (Å²) in [5.41, 5.74) is 1.61. The maximum absolute atomic E-state index is 3.63. The summed E-state index contributed by atoms with van der Waals surface area (Å²) in [7, 11) is 2.03. The number of rotatable bonds is 4. The molecule has 86 valence electrons. The molecule has 0 aliphatic rings. The molecule has 0 aliphatic heterocycles. The fraction of sp³-hybridized carbons (Fsp3) is 0.636. The number of nitrogens with one attached hydrogen (secondary N) is 1. The molecule has 0 spiro atoms. The van der Waals surface area contributed by atoms with E-state index in [4.69, 9.17) is 0 Å². The minimum atomic E-state index is 0.262. The monoisotopic (exact) mass is 353 g/mol. The first-order chi connectivity index (χ1) is 6.92. The third-order valence-corrected chi connectivity index (χ3v) is 5.36. The lowest BCUT2D eigenvalue weighted by Gasteiger charge is -2.33. The second-order valence-electron chi connectivity index (χ2n) is 4.34. The van der Waals surface area contributed by atoms with Crippen LogP contribution in [0.25, 0.3) is 0 Å². The highest BCUT2D eigenvalue weighted by atomic mass is 79.9. The van der Waals surface area contributed by atoms with Crippen molar-refractivity contribution in [3.63, 3.8) is 0 Å². The summed E-state index contributed by atoms with van der Waals surface area (Å²) in [6.45, 7) is 6.83. The number of hydrogen-bond donors (Lipinski definition) is 1. The molecule has 1 N–H and O–H groups in total. The number of hydrogen-bond acceptors (Lipinski definition) is 2. The zero-order chi connectivity index (χ0) is 11.6. The van der Waals surface area contributed by atoms with Gasteiger partial charge in [-0.3, -0.25) is 0 Å². The molecule has 15 heavy (non-hydrogen) atoms. The molecule has 0 saturated heterocycles. The van der Waals surface area contributed by atoms with Crippen LogP contribution < -0.4 is 5.32 Å². The van der Waals surface area contributed by atoms with E-state index < -0.39 is 0 Å². The molecule has 1 unspecified atom stereocenters. The molecule has 0 aromatic carbocycles. The topological polar surface area (TPSA) is 12.0 Å². The van der Waals surface area contributed by atoms with Gasteiger partial charge in [0.15, 0.2) is 0 Å². The van der Waals surface area contributed by atoms with Crippen molar-refractivity contribution in [1.29, 1.82) is 0 Å². The molecular formula is C11H17Br2NS. The van der Waals surface area contributed by atoms with Crippen molar-refractivity contribution in [2.24, 2.45) is 5.41 Å². The van der Waals surface area contributed by atoms with E-state index in [1.54, 1.807) is 11.3 Å². The van der Waals surface area contributed by atoms with Gasteiger partial charge in [0.1, 0.15) is 0 Å². The van der Waals surface area contributed by atoms with Gasteiger partial charge >= 0.3 is 0 Å². The van der Waals surface area contributed by atoms with Crippen molar-refractivity contribution in [1.82, 2.24) is 5.32 Å². The lowest BCUT2D eigenvalue weighted by atomic mass is 9.79. The van der Waals surface area contributed by atoms with Crippen LogP contribution in [0.4, 0.5) is 0 Å². The van der Waals surface area contributed by atoms with E-state index in [1.807, 2.05) is 7.05 Å². The molecule has 1 rings (SSSR count). The van der Waals surface area contributed by atoms with Crippen molar-refractivity contribution < 1.29 is 0 Å². The molecular weight excluding hydrogens is 338 g/mol. The average molecular weight is 355 g/mol. The molecule has 0 bridgehead atoms. The maximum Gasteiger partial charge on any atom is 0.0758 e. The van der Waals surface area contributed by atoms with Gasteiger partial charge in [-0.05, 0) is 62.4 Å². The molecule has 0 radical (unpaired) electrons. The summed E-state index contributed by atoms with van der Waals surface area (Å²) in [6.07, 6.45) is 1.15. The Morgan fingerprint density at radius 2 is 2.07 bits per heavy atom. The third-order valence-electron chi connectivity index (χ3n) is 2.98. The molecule has 0 amide bonds. The van der Waals surface area contributed by atoms with Gasteiger partial charge in [0.2, 0.25) is 0 Å². The first-order valence-corrected chi connectivity index (χ1v) is 7.44. The summed E-state index contributed by atoms with van der Waals surface area (Å²) < 4.78 is 2.40. The Morgan fingerprint density at radius 3 is 2.40 bits per heavy atom. The molecule has 0 saturated carbocycles. The zero-order valence-electron chi connectivity index (χ0n) is 9.53. The number of halogens is 2. The SMILES string of the molecule is CCC(C)(C)C(NC)c1cc(Br)sc1Br.